The monoisotopic (exact) mass is 226 g/mol. The number of likely N-dealkylation sites (tertiary alicyclic amines) is 1. The molecule has 0 unspecified atom stereocenters. The highest BCUT2D eigenvalue weighted by Crippen LogP contribution is 2.18. The lowest BCUT2D eigenvalue weighted by Gasteiger charge is -2.31. The molecule has 1 amide bonds. The Balaban J connectivity index is 2.42. The highest BCUT2D eigenvalue weighted by Gasteiger charge is 2.24. The molecular weight excluding hydrogens is 204 g/mol. The molecular formula is C12H22N2O2. The molecule has 0 aliphatic carbocycles. The number of hydrogen-bond donors (Lipinski definition) is 1. The predicted octanol–water partition coefficient (Wildman–Crippen LogP) is 1.90. The third-order valence-electron chi connectivity index (χ3n) is 2.46. The summed E-state index contributed by atoms with van der Waals surface area (Å²) in [5, 5.41) is 0. The van der Waals surface area contributed by atoms with Gasteiger partial charge in [-0.15, -0.1) is 0 Å². The van der Waals surface area contributed by atoms with Crippen LogP contribution in [0.15, 0.2) is 11.6 Å². The first-order valence-electron chi connectivity index (χ1n) is 5.78. The standard InChI is InChI=1S/C12H22N2O2/c1-12(2,3)16-11(15)14-8-5-10(4-7-13)6-9-14/h4H,5-9,13H2,1-3H3. The summed E-state index contributed by atoms with van der Waals surface area (Å²) in [6, 6.07) is 0. The highest BCUT2D eigenvalue weighted by atomic mass is 16.6. The van der Waals surface area contributed by atoms with E-state index in [9.17, 15) is 4.79 Å². The van der Waals surface area contributed by atoms with Gasteiger partial charge in [0.25, 0.3) is 0 Å². The summed E-state index contributed by atoms with van der Waals surface area (Å²) in [5.41, 5.74) is 6.39. The lowest BCUT2D eigenvalue weighted by Crippen LogP contribution is -2.40. The molecule has 1 rings (SSSR count). The first-order chi connectivity index (χ1) is 7.42. The van der Waals surface area contributed by atoms with Crippen LogP contribution in [0.25, 0.3) is 0 Å². The van der Waals surface area contributed by atoms with Crippen molar-refractivity contribution in [3.8, 4) is 0 Å². The Morgan fingerprint density at radius 1 is 1.44 bits per heavy atom. The molecule has 1 fully saturated rings. The fourth-order valence-electron chi connectivity index (χ4n) is 1.67. The van der Waals surface area contributed by atoms with Gasteiger partial charge in [-0.2, -0.15) is 0 Å². The van der Waals surface area contributed by atoms with E-state index in [1.54, 1.807) is 4.90 Å². The molecule has 4 heteroatoms. The molecule has 1 aliphatic heterocycles. The van der Waals surface area contributed by atoms with Crippen LogP contribution >= 0.6 is 0 Å². The average Bonchev–Trinajstić information content (AvgIpc) is 2.16. The summed E-state index contributed by atoms with van der Waals surface area (Å²) in [6.45, 7) is 7.71. The van der Waals surface area contributed by atoms with Crippen molar-refractivity contribution in [3.05, 3.63) is 11.6 Å². The average molecular weight is 226 g/mol. The number of amides is 1. The van der Waals surface area contributed by atoms with Crippen LogP contribution in [-0.2, 0) is 4.74 Å². The van der Waals surface area contributed by atoms with Crippen molar-refractivity contribution >= 4 is 6.09 Å². The molecule has 1 heterocycles. The normalized spacial score (nSPS) is 17.2. The molecule has 0 aromatic carbocycles. The van der Waals surface area contributed by atoms with Gasteiger partial charge >= 0.3 is 6.09 Å². The highest BCUT2D eigenvalue weighted by molar-refractivity contribution is 5.68. The van der Waals surface area contributed by atoms with E-state index in [0.29, 0.717) is 6.54 Å². The third kappa shape index (κ3) is 4.23. The van der Waals surface area contributed by atoms with Crippen molar-refractivity contribution in [2.24, 2.45) is 5.73 Å². The Labute approximate surface area is 97.4 Å². The van der Waals surface area contributed by atoms with Gasteiger partial charge in [0.2, 0.25) is 0 Å². The summed E-state index contributed by atoms with van der Waals surface area (Å²) in [4.78, 5) is 13.5. The zero-order valence-electron chi connectivity index (χ0n) is 10.5. The maximum absolute atomic E-state index is 11.7. The van der Waals surface area contributed by atoms with Gasteiger partial charge in [-0.25, -0.2) is 4.79 Å². The number of carbonyl (C=O) groups excluding carboxylic acids is 1. The first-order valence-corrected chi connectivity index (χ1v) is 5.78. The molecule has 16 heavy (non-hydrogen) atoms. The molecule has 0 spiro atoms. The molecule has 4 nitrogen and oxygen atoms in total. The van der Waals surface area contributed by atoms with Crippen molar-refractivity contribution in [2.75, 3.05) is 19.6 Å². The number of hydrogen-bond acceptors (Lipinski definition) is 3. The summed E-state index contributed by atoms with van der Waals surface area (Å²) in [7, 11) is 0. The van der Waals surface area contributed by atoms with Gasteiger partial charge in [0.1, 0.15) is 5.60 Å². The van der Waals surface area contributed by atoms with E-state index < -0.39 is 5.60 Å². The van der Waals surface area contributed by atoms with Crippen molar-refractivity contribution in [1.82, 2.24) is 4.90 Å². The minimum absolute atomic E-state index is 0.209. The zero-order chi connectivity index (χ0) is 12.2. The molecule has 0 radical (unpaired) electrons. The van der Waals surface area contributed by atoms with Crippen LogP contribution in [0.4, 0.5) is 4.79 Å². The second kappa shape index (κ2) is 5.34. The molecule has 1 saturated heterocycles. The Morgan fingerprint density at radius 2 is 2.00 bits per heavy atom. The summed E-state index contributed by atoms with van der Waals surface area (Å²) in [6.07, 6.45) is 3.67. The Bertz CT molecular complexity index is 269. The van der Waals surface area contributed by atoms with Crippen molar-refractivity contribution in [3.63, 3.8) is 0 Å². The SMILES string of the molecule is CC(C)(C)OC(=O)N1CCC(=CCN)CC1. The van der Waals surface area contributed by atoms with Gasteiger partial charge in [0.15, 0.2) is 0 Å². The van der Waals surface area contributed by atoms with Crippen molar-refractivity contribution in [2.45, 2.75) is 39.2 Å². The summed E-state index contributed by atoms with van der Waals surface area (Å²) in [5.74, 6) is 0. The van der Waals surface area contributed by atoms with Crippen molar-refractivity contribution in [1.29, 1.82) is 0 Å². The number of rotatable bonds is 1. The van der Waals surface area contributed by atoms with Crippen LogP contribution in [0, 0.1) is 0 Å². The topological polar surface area (TPSA) is 55.6 Å². The second-order valence-electron chi connectivity index (χ2n) is 5.07. The predicted molar refractivity (Wildman–Crippen MR) is 64.2 cm³/mol. The number of carbonyl (C=O) groups is 1. The first kappa shape index (κ1) is 13.0. The Kier molecular flexibility index (Phi) is 4.35. The lowest BCUT2D eigenvalue weighted by atomic mass is 10.0. The molecule has 0 aromatic rings. The maximum Gasteiger partial charge on any atom is 0.410 e. The van der Waals surface area contributed by atoms with Crippen LogP contribution < -0.4 is 5.73 Å². The van der Waals surface area contributed by atoms with Gasteiger partial charge in [-0.05, 0) is 33.6 Å². The van der Waals surface area contributed by atoms with Gasteiger partial charge in [-0.3, -0.25) is 0 Å². The fraction of sp³-hybridized carbons (Fsp3) is 0.750. The number of piperidine rings is 1. The van der Waals surface area contributed by atoms with Crippen LogP contribution in [-0.4, -0.2) is 36.2 Å². The molecule has 2 N–H and O–H groups in total. The van der Waals surface area contributed by atoms with Gasteiger partial charge in [0, 0.05) is 19.6 Å². The minimum Gasteiger partial charge on any atom is -0.444 e. The van der Waals surface area contributed by atoms with Gasteiger partial charge in [-0.1, -0.05) is 11.6 Å². The lowest BCUT2D eigenvalue weighted by molar-refractivity contribution is 0.0236. The zero-order valence-corrected chi connectivity index (χ0v) is 10.5. The van der Waals surface area contributed by atoms with E-state index in [2.05, 4.69) is 0 Å². The molecule has 0 bridgehead atoms. The molecule has 0 aromatic heterocycles. The van der Waals surface area contributed by atoms with Crippen LogP contribution in [0.5, 0.6) is 0 Å². The summed E-state index contributed by atoms with van der Waals surface area (Å²) < 4.78 is 5.32. The van der Waals surface area contributed by atoms with E-state index in [0.717, 1.165) is 25.9 Å². The second-order valence-corrected chi connectivity index (χ2v) is 5.07. The molecule has 0 atom stereocenters. The molecule has 92 valence electrons. The summed E-state index contributed by atoms with van der Waals surface area (Å²) >= 11 is 0. The molecule has 0 saturated carbocycles. The number of nitrogens with zero attached hydrogens (tertiary/aromatic N) is 1. The maximum atomic E-state index is 11.7. The quantitative estimate of drug-likeness (QED) is 0.695. The van der Waals surface area contributed by atoms with Crippen LogP contribution in [0.1, 0.15) is 33.6 Å². The number of ether oxygens (including phenoxy) is 1. The van der Waals surface area contributed by atoms with E-state index in [1.165, 1.54) is 5.57 Å². The van der Waals surface area contributed by atoms with E-state index >= 15 is 0 Å². The van der Waals surface area contributed by atoms with Crippen LogP contribution in [0.2, 0.25) is 0 Å². The van der Waals surface area contributed by atoms with E-state index in [-0.39, 0.29) is 6.09 Å². The fourth-order valence-corrected chi connectivity index (χ4v) is 1.67. The molecule has 1 aliphatic rings. The van der Waals surface area contributed by atoms with E-state index in [4.69, 9.17) is 10.5 Å². The number of nitrogens with two attached hydrogens (primary N) is 1. The van der Waals surface area contributed by atoms with Crippen LogP contribution in [0.3, 0.4) is 0 Å². The minimum atomic E-state index is -0.412. The van der Waals surface area contributed by atoms with Gasteiger partial charge < -0.3 is 15.4 Å². The van der Waals surface area contributed by atoms with Gasteiger partial charge in [0.05, 0.1) is 0 Å². The Hall–Kier alpha value is -1.03. The Morgan fingerprint density at radius 3 is 2.44 bits per heavy atom. The largest absolute Gasteiger partial charge is 0.444 e. The van der Waals surface area contributed by atoms with Crippen molar-refractivity contribution < 1.29 is 9.53 Å². The smallest absolute Gasteiger partial charge is 0.410 e. The van der Waals surface area contributed by atoms with E-state index in [1.807, 2.05) is 26.8 Å². The third-order valence-corrected chi connectivity index (χ3v) is 2.46.